The molecule has 0 unspecified atom stereocenters. The summed E-state index contributed by atoms with van der Waals surface area (Å²) in [5.41, 5.74) is -0.586. The van der Waals surface area contributed by atoms with E-state index in [1.807, 2.05) is 30.3 Å². The normalized spacial score (nSPS) is 17.7. The summed E-state index contributed by atoms with van der Waals surface area (Å²) in [6, 6.07) is 18.9. The Kier molecular flexibility index (Phi) is 7.93. The van der Waals surface area contributed by atoms with Gasteiger partial charge in [-0.2, -0.15) is 0 Å². The topological polar surface area (TPSA) is 116 Å². The van der Waals surface area contributed by atoms with Crippen LogP contribution in [0, 0.1) is 5.82 Å². The van der Waals surface area contributed by atoms with Crippen molar-refractivity contribution in [3.8, 4) is 0 Å². The van der Waals surface area contributed by atoms with E-state index in [-0.39, 0.29) is 36.0 Å². The fourth-order valence-corrected chi connectivity index (χ4v) is 5.34. The SMILES string of the molecule is O=C(NCc1cc(F)cc(Cl)c1)[C@@]1(O)CCN(c2ccc(S(=O)(=O)NCCc3ccccc3)cc2)C1=O. The molecule has 1 fully saturated rings. The van der Waals surface area contributed by atoms with Crippen LogP contribution >= 0.6 is 11.6 Å². The van der Waals surface area contributed by atoms with Crippen molar-refractivity contribution in [1.29, 1.82) is 0 Å². The third kappa shape index (κ3) is 6.16. The molecule has 1 atom stereocenters. The highest BCUT2D eigenvalue weighted by Gasteiger charge is 2.51. The lowest BCUT2D eigenvalue weighted by atomic mass is 10.0. The number of amides is 2. The molecule has 1 heterocycles. The molecule has 0 aromatic heterocycles. The van der Waals surface area contributed by atoms with Crippen LogP contribution in [0.4, 0.5) is 10.1 Å². The van der Waals surface area contributed by atoms with Crippen LogP contribution in [0.5, 0.6) is 0 Å². The summed E-state index contributed by atoms with van der Waals surface area (Å²) in [6.45, 7) is 0.147. The molecule has 37 heavy (non-hydrogen) atoms. The van der Waals surface area contributed by atoms with Gasteiger partial charge in [-0.05, 0) is 60.0 Å². The van der Waals surface area contributed by atoms with Gasteiger partial charge < -0.3 is 15.3 Å². The molecule has 1 saturated heterocycles. The average molecular weight is 546 g/mol. The first kappa shape index (κ1) is 26.7. The van der Waals surface area contributed by atoms with Crippen molar-refractivity contribution >= 4 is 39.1 Å². The Morgan fingerprint density at radius 3 is 2.43 bits per heavy atom. The molecule has 1 aliphatic heterocycles. The highest BCUT2D eigenvalue weighted by molar-refractivity contribution is 7.89. The zero-order chi connectivity index (χ0) is 26.6. The van der Waals surface area contributed by atoms with Crippen molar-refractivity contribution in [3.05, 3.63) is 94.8 Å². The maximum absolute atomic E-state index is 13.5. The van der Waals surface area contributed by atoms with Crippen molar-refractivity contribution in [2.75, 3.05) is 18.0 Å². The number of halogens is 2. The first-order valence-electron chi connectivity index (χ1n) is 11.5. The molecule has 0 radical (unpaired) electrons. The third-order valence-electron chi connectivity index (χ3n) is 6.05. The fraction of sp³-hybridized carbons (Fsp3) is 0.231. The predicted octanol–water partition coefficient (Wildman–Crippen LogP) is 2.78. The Balaban J connectivity index is 1.37. The van der Waals surface area contributed by atoms with E-state index in [0.29, 0.717) is 17.7 Å². The number of nitrogens with one attached hydrogen (secondary N) is 2. The Labute approximate surface area is 219 Å². The second-order valence-electron chi connectivity index (χ2n) is 8.65. The van der Waals surface area contributed by atoms with Crippen molar-refractivity contribution in [3.63, 3.8) is 0 Å². The summed E-state index contributed by atoms with van der Waals surface area (Å²) in [7, 11) is -3.76. The molecular weight excluding hydrogens is 521 g/mol. The highest BCUT2D eigenvalue weighted by atomic mass is 35.5. The second kappa shape index (κ2) is 11.0. The molecule has 0 saturated carbocycles. The Morgan fingerprint density at radius 2 is 1.76 bits per heavy atom. The quantitative estimate of drug-likeness (QED) is 0.358. The highest BCUT2D eigenvalue weighted by Crippen LogP contribution is 2.29. The van der Waals surface area contributed by atoms with Gasteiger partial charge in [-0.1, -0.05) is 41.9 Å². The number of carbonyl (C=O) groups is 2. The fourth-order valence-electron chi connectivity index (χ4n) is 4.07. The summed E-state index contributed by atoms with van der Waals surface area (Å²) in [5.74, 6) is -2.32. The van der Waals surface area contributed by atoms with E-state index in [0.717, 1.165) is 11.6 Å². The monoisotopic (exact) mass is 545 g/mol. The molecule has 3 N–H and O–H groups in total. The minimum Gasteiger partial charge on any atom is -0.372 e. The van der Waals surface area contributed by atoms with Crippen LogP contribution in [0.15, 0.2) is 77.7 Å². The molecule has 0 aliphatic carbocycles. The van der Waals surface area contributed by atoms with Crippen LogP contribution in [0.25, 0.3) is 0 Å². The molecule has 8 nitrogen and oxygen atoms in total. The predicted molar refractivity (Wildman–Crippen MR) is 137 cm³/mol. The summed E-state index contributed by atoms with van der Waals surface area (Å²) >= 11 is 5.82. The maximum atomic E-state index is 13.5. The molecular formula is C26H25ClFN3O5S. The third-order valence-corrected chi connectivity index (χ3v) is 7.75. The number of anilines is 1. The van der Waals surface area contributed by atoms with Gasteiger partial charge >= 0.3 is 0 Å². The summed E-state index contributed by atoms with van der Waals surface area (Å²) < 4.78 is 41.3. The molecule has 4 rings (SSSR count). The van der Waals surface area contributed by atoms with Crippen LogP contribution in [-0.2, 0) is 32.6 Å². The lowest BCUT2D eigenvalue weighted by molar-refractivity contribution is -0.149. The number of rotatable bonds is 9. The van der Waals surface area contributed by atoms with Crippen LogP contribution in [-0.4, -0.2) is 44.0 Å². The first-order chi connectivity index (χ1) is 17.6. The minimum atomic E-state index is -3.76. The van der Waals surface area contributed by atoms with Gasteiger partial charge in [0.1, 0.15) is 5.82 Å². The van der Waals surface area contributed by atoms with E-state index >= 15 is 0 Å². The molecule has 3 aromatic rings. The average Bonchev–Trinajstić information content (AvgIpc) is 3.18. The smallest absolute Gasteiger partial charge is 0.268 e. The van der Waals surface area contributed by atoms with Crippen LogP contribution < -0.4 is 14.9 Å². The first-order valence-corrected chi connectivity index (χ1v) is 13.4. The molecule has 2 amide bonds. The number of carbonyl (C=O) groups excluding carboxylic acids is 2. The summed E-state index contributed by atoms with van der Waals surface area (Å²) in [4.78, 5) is 26.9. The zero-order valence-corrected chi connectivity index (χ0v) is 21.2. The standard InChI is InChI=1S/C26H25ClFN3O5S/c27-20-14-19(15-21(28)16-20)17-29-24(32)26(34)11-13-31(25(26)33)22-6-8-23(9-7-22)37(35,36)30-12-10-18-4-2-1-3-5-18/h1-9,14-16,30,34H,10-13,17H2,(H,29,32)/t26-/m0/s1. The molecule has 0 bridgehead atoms. The van der Waals surface area contributed by atoms with E-state index in [2.05, 4.69) is 10.0 Å². The molecule has 11 heteroatoms. The van der Waals surface area contributed by atoms with Crippen molar-refractivity contribution in [2.24, 2.45) is 0 Å². The number of hydrogen-bond donors (Lipinski definition) is 3. The number of hydrogen-bond acceptors (Lipinski definition) is 5. The Hall–Kier alpha value is -3.31. The number of aliphatic hydroxyl groups is 1. The van der Waals surface area contributed by atoms with Gasteiger partial charge in [-0.15, -0.1) is 0 Å². The second-order valence-corrected chi connectivity index (χ2v) is 10.9. The van der Waals surface area contributed by atoms with Crippen molar-refractivity contribution < 1.29 is 27.5 Å². The molecule has 3 aromatic carbocycles. The van der Waals surface area contributed by atoms with E-state index in [1.54, 1.807) is 0 Å². The van der Waals surface area contributed by atoms with E-state index in [1.165, 1.54) is 41.3 Å². The van der Waals surface area contributed by atoms with Gasteiger partial charge in [0.05, 0.1) is 4.90 Å². The van der Waals surface area contributed by atoms with E-state index in [4.69, 9.17) is 11.6 Å². The summed E-state index contributed by atoms with van der Waals surface area (Å²) in [6.07, 6.45) is 0.371. The largest absolute Gasteiger partial charge is 0.372 e. The molecule has 0 spiro atoms. The minimum absolute atomic E-state index is 0.0257. The van der Waals surface area contributed by atoms with Crippen molar-refractivity contribution in [1.82, 2.24) is 10.0 Å². The number of nitrogens with zero attached hydrogens (tertiary/aromatic N) is 1. The van der Waals surface area contributed by atoms with Crippen molar-refractivity contribution in [2.45, 2.75) is 29.9 Å². The van der Waals surface area contributed by atoms with Gasteiger partial charge in [-0.3, -0.25) is 9.59 Å². The number of sulfonamides is 1. The van der Waals surface area contributed by atoms with Gasteiger partial charge in [0.15, 0.2) is 0 Å². The maximum Gasteiger partial charge on any atom is 0.268 e. The summed E-state index contributed by atoms with van der Waals surface area (Å²) in [5, 5.41) is 13.4. The zero-order valence-electron chi connectivity index (χ0n) is 19.7. The van der Waals surface area contributed by atoms with E-state index in [9.17, 15) is 27.5 Å². The lowest BCUT2D eigenvalue weighted by Gasteiger charge is -2.22. The Bertz CT molecular complexity index is 1380. The van der Waals surface area contributed by atoms with E-state index < -0.39 is 33.3 Å². The van der Waals surface area contributed by atoms with Gasteiger partial charge in [0.25, 0.3) is 11.8 Å². The molecule has 1 aliphatic rings. The van der Waals surface area contributed by atoms with Gasteiger partial charge in [-0.25, -0.2) is 17.5 Å². The van der Waals surface area contributed by atoms with Crippen LogP contribution in [0.3, 0.4) is 0 Å². The Morgan fingerprint density at radius 1 is 1.05 bits per heavy atom. The van der Waals surface area contributed by atoms with Crippen LogP contribution in [0.2, 0.25) is 5.02 Å². The van der Waals surface area contributed by atoms with Crippen LogP contribution in [0.1, 0.15) is 17.5 Å². The number of benzene rings is 3. The van der Waals surface area contributed by atoms with Gasteiger partial charge in [0, 0.05) is 36.8 Å². The molecule has 194 valence electrons. The lowest BCUT2D eigenvalue weighted by Crippen LogP contribution is -2.52. The van der Waals surface area contributed by atoms with Gasteiger partial charge in [0.2, 0.25) is 15.6 Å².